The lowest BCUT2D eigenvalue weighted by Gasteiger charge is -2.35. The van der Waals surface area contributed by atoms with Crippen LogP contribution in [0.15, 0.2) is 27.8 Å². The smallest absolute Gasteiger partial charge is 0.191 e. The van der Waals surface area contributed by atoms with Crippen LogP contribution in [0.4, 0.5) is 0 Å². The molecule has 2 N–H and O–H groups in total. The maximum absolute atomic E-state index is 5.30. The molecule has 0 radical (unpaired) electrons. The van der Waals surface area contributed by atoms with E-state index in [9.17, 15) is 0 Å². The molecule has 6 heteroatoms. The van der Waals surface area contributed by atoms with Crippen molar-refractivity contribution < 1.29 is 4.42 Å². The van der Waals surface area contributed by atoms with E-state index in [0.29, 0.717) is 6.54 Å². The van der Waals surface area contributed by atoms with Crippen molar-refractivity contribution in [1.29, 1.82) is 0 Å². The van der Waals surface area contributed by atoms with Crippen LogP contribution in [0.1, 0.15) is 18.6 Å². The largest absolute Gasteiger partial charge is 0.467 e. The van der Waals surface area contributed by atoms with E-state index in [4.69, 9.17) is 4.42 Å². The minimum absolute atomic E-state index is 0.654. The van der Waals surface area contributed by atoms with Gasteiger partial charge in [-0.15, -0.1) is 0 Å². The Balaban J connectivity index is 1.61. The highest BCUT2D eigenvalue weighted by Crippen LogP contribution is 2.13. The molecule has 2 heterocycles. The van der Waals surface area contributed by atoms with Crippen molar-refractivity contribution in [2.45, 2.75) is 25.4 Å². The Labute approximate surface area is 133 Å². The molecule has 1 aromatic heterocycles. The van der Waals surface area contributed by atoms with Gasteiger partial charge in [-0.3, -0.25) is 4.99 Å². The van der Waals surface area contributed by atoms with Crippen molar-refractivity contribution in [1.82, 2.24) is 20.4 Å². The number of furan rings is 1. The number of rotatable bonds is 6. The number of aliphatic imine (C=N–C) groups is 1. The first kappa shape index (κ1) is 16.8. The second-order valence-electron chi connectivity index (χ2n) is 5.97. The molecule has 0 spiro atoms. The lowest BCUT2D eigenvalue weighted by Crippen LogP contribution is -2.46. The predicted molar refractivity (Wildman–Crippen MR) is 90.1 cm³/mol. The fourth-order valence-electron chi connectivity index (χ4n) is 2.80. The number of likely N-dealkylation sites (tertiary alicyclic amines) is 1. The molecule has 0 saturated carbocycles. The summed E-state index contributed by atoms with van der Waals surface area (Å²) in [6.45, 7) is 4.98. The quantitative estimate of drug-likeness (QED) is 0.606. The van der Waals surface area contributed by atoms with Crippen LogP contribution in [0.25, 0.3) is 0 Å². The fourth-order valence-corrected chi connectivity index (χ4v) is 2.80. The molecule has 22 heavy (non-hydrogen) atoms. The number of nitrogens with one attached hydrogen (secondary N) is 2. The van der Waals surface area contributed by atoms with E-state index >= 15 is 0 Å². The highest BCUT2D eigenvalue weighted by atomic mass is 16.3. The first-order valence-electron chi connectivity index (χ1n) is 8.04. The maximum atomic E-state index is 5.30. The predicted octanol–water partition coefficient (Wildman–Crippen LogP) is 0.971. The van der Waals surface area contributed by atoms with Crippen LogP contribution >= 0.6 is 0 Å². The third-order valence-electron chi connectivity index (χ3n) is 4.24. The SMILES string of the molecule is CN=C(NCCN1CCC(N(C)C)CC1)NCc1ccco1. The van der Waals surface area contributed by atoms with Gasteiger partial charge in [-0.25, -0.2) is 0 Å². The zero-order valence-electron chi connectivity index (χ0n) is 14.0. The van der Waals surface area contributed by atoms with Crippen LogP contribution in [-0.2, 0) is 6.54 Å². The molecule has 0 aliphatic carbocycles. The summed E-state index contributed by atoms with van der Waals surface area (Å²) in [5, 5.41) is 6.61. The molecule has 1 fully saturated rings. The van der Waals surface area contributed by atoms with Gasteiger partial charge >= 0.3 is 0 Å². The molecule has 0 amide bonds. The van der Waals surface area contributed by atoms with E-state index in [1.807, 2.05) is 12.1 Å². The minimum atomic E-state index is 0.654. The van der Waals surface area contributed by atoms with Crippen LogP contribution in [-0.4, -0.2) is 69.1 Å². The van der Waals surface area contributed by atoms with Gasteiger partial charge in [-0.05, 0) is 52.2 Å². The van der Waals surface area contributed by atoms with Gasteiger partial charge in [0.15, 0.2) is 5.96 Å². The van der Waals surface area contributed by atoms with Gasteiger partial charge in [0.2, 0.25) is 0 Å². The van der Waals surface area contributed by atoms with E-state index in [2.05, 4.69) is 39.5 Å². The summed E-state index contributed by atoms with van der Waals surface area (Å²) >= 11 is 0. The Hall–Kier alpha value is -1.53. The number of piperidine rings is 1. The minimum Gasteiger partial charge on any atom is -0.467 e. The van der Waals surface area contributed by atoms with Crippen molar-refractivity contribution in [3.05, 3.63) is 24.2 Å². The number of nitrogens with zero attached hydrogens (tertiary/aromatic N) is 3. The lowest BCUT2D eigenvalue weighted by molar-refractivity contribution is 0.146. The van der Waals surface area contributed by atoms with Gasteiger partial charge in [0.1, 0.15) is 5.76 Å². The van der Waals surface area contributed by atoms with E-state index < -0.39 is 0 Å². The van der Waals surface area contributed by atoms with Gasteiger partial charge < -0.3 is 24.9 Å². The molecular formula is C16H29N5O. The van der Waals surface area contributed by atoms with E-state index in [0.717, 1.165) is 30.9 Å². The van der Waals surface area contributed by atoms with Gasteiger partial charge in [0.05, 0.1) is 12.8 Å². The fraction of sp³-hybridized carbons (Fsp3) is 0.688. The molecule has 124 valence electrons. The number of hydrogen-bond donors (Lipinski definition) is 2. The van der Waals surface area contributed by atoms with Gasteiger partial charge in [0, 0.05) is 26.2 Å². The highest BCUT2D eigenvalue weighted by molar-refractivity contribution is 5.79. The Bertz CT molecular complexity index is 435. The first-order valence-corrected chi connectivity index (χ1v) is 8.04. The van der Waals surface area contributed by atoms with Gasteiger partial charge in [-0.1, -0.05) is 0 Å². The highest BCUT2D eigenvalue weighted by Gasteiger charge is 2.19. The summed E-state index contributed by atoms with van der Waals surface area (Å²) < 4.78 is 5.30. The van der Waals surface area contributed by atoms with Crippen molar-refractivity contribution in [3.63, 3.8) is 0 Å². The van der Waals surface area contributed by atoms with Gasteiger partial charge in [-0.2, -0.15) is 0 Å². The third kappa shape index (κ3) is 5.35. The molecule has 0 aromatic carbocycles. The topological polar surface area (TPSA) is 56.0 Å². The van der Waals surface area contributed by atoms with Crippen LogP contribution in [0.3, 0.4) is 0 Å². The zero-order chi connectivity index (χ0) is 15.8. The molecule has 0 bridgehead atoms. The third-order valence-corrected chi connectivity index (χ3v) is 4.24. The zero-order valence-corrected chi connectivity index (χ0v) is 14.0. The summed E-state index contributed by atoms with van der Waals surface area (Å²) in [7, 11) is 6.15. The van der Waals surface area contributed by atoms with Crippen LogP contribution in [0.2, 0.25) is 0 Å². The Morgan fingerprint density at radius 1 is 1.36 bits per heavy atom. The van der Waals surface area contributed by atoms with Crippen molar-refractivity contribution in [3.8, 4) is 0 Å². The Morgan fingerprint density at radius 2 is 2.14 bits per heavy atom. The van der Waals surface area contributed by atoms with E-state index in [1.165, 1.54) is 25.9 Å². The standard InChI is InChI=1S/C16H29N5O/c1-17-16(19-13-15-5-4-12-22-15)18-8-11-21-9-6-14(7-10-21)20(2)3/h4-5,12,14H,6-11,13H2,1-3H3,(H2,17,18,19). The molecular weight excluding hydrogens is 278 g/mol. The van der Waals surface area contributed by atoms with Gasteiger partial charge in [0.25, 0.3) is 0 Å². The number of guanidine groups is 1. The molecule has 0 unspecified atom stereocenters. The summed E-state index contributed by atoms with van der Waals surface area (Å²) in [6, 6.07) is 4.59. The second kappa shape index (κ2) is 8.80. The summed E-state index contributed by atoms with van der Waals surface area (Å²) in [5.41, 5.74) is 0. The Kier molecular flexibility index (Phi) is 6.74. The van der Waals surface area contributed by atoms with E-state index in [1.54, 1.807) is 13.3 Å². The summed E-state index contributed by atoms with van der Waals surface area (Å²) in [4.78, 5) is 9.10. The molecule has 1 aliphatic heterocycles. The van der Waals surface area contributed by atoms with Crippen LogP contribution in [0, 0.1) is 0 Å². The summed E-state index contributed by atoms with van der Waals surface area (Å²) in [6.07, 6.45) is 4.21. The molecule has 1 saturated heterocycles. The van der Waals surface area contributed by atoms with Crippen LogP contribution in [0.5, 0.6) is 0 Å². The average Bonchev–Trinajstić information content (AvgIpc) is 3.04. The molecule has 1 aromatic rings. The van der Waals surface area contributed by atoms with Crippen molar-refractivity contribution in [2.24, 2.45) is 4.99 Å². The average molecular weight is 307 g/mol. The van der Waals surface area contributed by atoms with E-state index in [-0.39, 0.29) is 0 Å². The second-order valence-corrected chi connectivity index (χ2v) is 5.97. The molecule has 2 rings (SSSR count). The van der Waals surface area contributed by atoms with Crippen molar-refractivity contribution in [2.75, 3.05) is 47.3 Å². The normalized spacial score (nSPS) is 17.9. The first-order chi connectivity index (χ1) is 10.7. The monoisotopic (exact) mass is 307 g/mol. The number of hydrogen-bond acceptors (Lipinski definition) is 4. The summed E-state index contributed by atoms with van der Waals surface area (Å²) in [5.74, 6) is 1.73. The Morgan fingerprint density at radius 3 is 2.73 bits per heavy atom. The maximum Gasteiger partial charge on any atom is 0.191 e. The molecule has 0 atom stereocenters. The molecule has 6 nitrogen and oxygen atoms in total. The lowest BCUT2D eigenvalue weighted by atomic mass is 10.0. The van der Waals surface area contributed by atoms with Crippen LogP contribution < -0.4 is 10.6 Å². The van der Waals surface area contributed by atoms with Crippen molar-refractivity contribution >= 4 is 5.96 Å². The molecule has 1 aliphatic rings.